The second kappa shape index (κ2) is 6.40. The molecule has 1 rings (SSSR count). The number of halogens is 3. The summed E-state index contributed by atoms with van der Waals surface area (Å²) in [5.74, 6) is -0.167. The zero-order valence-electron chi connectivity index (χ0n) is 11.0. The summed E-state index contributed by atoms with van der Waals surface area (Å²) in [4.78, 5) is 22.7. The van der Waals surface area contributed by atoms with Gasteiger partial charge in [-0.05, 0) is 26.0 Å². The van der Waals surface area contributed by atoms with Crippen LogP contribution in [0.25, 0.3) is 0 Å². The lowest BCUT2D eigenvalue weighted by Gasteiger charge is -2.16. The van der Waals surface area contributed by atoms with Crippen molar-refractivity contribution >= 4 is 17.5 Å². The van der Waals surface area contributed by atoms with Crippen LogP contribution in [0.15, 0.2) is 24.3 Å². The fraction of sp³-hybridized carbons (Fsp3) is 0.385. The van der Waals surface area contributed by atoms with Crippen LogP contribution in [0.2, 0.25) is 0 Å². The molecule has 7 heteroatoms. The number of Topliss-reactive ketones (excluding diaryl/α,β-unsaturated/α-hetero) is 1. The highest BCUT2D eigenvalue weighted by atomic mass is 19.4. The third-order valence-corrected chi connectivity index (χ3v) is 2.44. The standard InChI is InChI=1S/C13H15F3N2O2/c1-8(7-13(14,15)16)17-12(20)18-11-5-3-4-10(6-11)9(2)19/h3-6,8H,7H2,1-2H3,(H2,17,18,20). The molecule has 0 aromatic heterocycles. The average molecular weight is 288 g/mol. The molecule has 1 aromatic carbocycles. The third-order valence-electron chi connectivity index (χ3n) is 2.44. The van der Waals surface area contributed by atoms with Gasteiger partial charge in [-0.2, -0.15) is 13.2 Å². The van der Waals surface area contributed by atoms with Crippen LogP contribution in [-0.2, 0) is 0 Å². The molecule has 1 atom stereocenters. The van der Waals surface area contributed by atoms with Crippen molar-refractivity contribution in [1.82, 2.24) is 5.32 Å². The second-order valence-corrected chi connectivity index (χ2v) is 4.46. The highest BCUT2D eigenvalue weighted by Gasteiger charge is 2.30. The zero-order chi connectivity index (χ0) is 15.3. The summed E-state index contributed by atoms with van der Waals surface area (Å²) in [6.07, 6.45) is -5.44. The van der Waals surface area contributed by atoms with Crippen molar-refractivity contribution in [3.63, 3.8) is 0 Å². The molecule has 4 nitrogen and oxygen atoms in total. The van der Waals surface area contributed by atoms with E-state index in [1.807, 2.05) is 0 Å². The quantitative estimate of drug-likeness (QED) is 0.835. The lowest BCUT2D eigenvalue weighted by molar-refractivity contribution is -0.138. The molecule has 0 radical (unpaired) electrons. The first-order valence-electron chi connectivity index (χ1n) is 5.92. The minimum atomic E-state index is -4.33. The molecule has 0 aliphatic rings. The van der Waals surface area contributed by atoms with Crippen LogP contribution in [-0.4, -0.2) is 24.0 Å². The van der Waals surface area contributed by atoms with E-state index in [1.54, 1.807) is 18.2 Å². The monoisotopic (exact) mass is 288 g/mol. The smallest absolute Gasteiger partial charge is 0.335 e. The SMILES string of the molecule is CC(=O)c1cccc(NC(=O)NC(C)CC(F)(F)F)c1. The van der Waals surface area contributed by atoms with E-state index in [1.165, 1.54) is 19.9 Å². The van der Waals surface area contributed by atoms with E-state index in [2.05, 4.69) is 10.6 Å². The van der Waals surface area contributed by atoms with E-state index in [-0.39, 0.29) is 5.78 Å². The summed E-state index contributed by atoms with van der Waals surface area (Å²) >= 11 is 0. The molecule has 0 saturated heterocycles. The number of nitrogens with one attached hydrogen (secondary N) is 2. The summed E-state index contributed by atoms with van der Waals surface area (Å²) in [6.45, 7) is 2.64. The number of amides is 2. The van der Waals surface area contributed by atoms with E-state index in [4.69, 9.17) is 0 Å². The number of carbonyl (C=O) groups excluding carboxylic acids is 2. The van der Waals surface area contributed by atoms with E-state index >= 15 is 0 Å². The molecule has 0 bridgehead atoms. The Morgan fingerprint density at radius 2 is 1.95 bits per heavy atom. The number of urea groups is 1. The summed E-state index contributed by atoms with van der Waals surface area (Å²) in [7, 11) is 0. The van der Waals surface area contributed by atoms with Gasteiger partial charge in [-0.3, -0.25) is 4.79 Å². The Hall–Kier alpha value is -2.05. The number of ketones is 1. The van der Waals surface area contributed by atoms with Crippen LogP contribution in [0.5, 0.6) is 0 Å². The van der Waals surface area contributed by atoms with Crippen molar-refractivity contribution in [2.24, 2.45) is 0 Å². The Morgan fingerprint density at radius 1 is 1.30 bits per heavy atom. The summed E-state index contributed by atoms with van der Waals surface area (Å²) in [5.41, 5.74) is 0.751. The number of benzene rings is 1. The maximum absolute atomic E-state index is 12.1. The van der Waals surface area contributed by atoms with Crippen LogP contribution in [0.4, 0.5) is 23.7 Å². The van der Waals surface area contributed by atoms with Gasteiger partial charge in [0.15, 0.2) is 5.78 Å². The molecule has 2 N–H and O–H groups in total. The zero-order valence-corrected chi connectivity index (χ0v) is 11.0. The fourth-order valence-electron chi connectivity index (χ4n) is 1.61. The van der Waals surface area contributed by atoms with E-state index in [0.29, 0.717) is 11.3 Å². The van der Waals surface area contributed by atoms with Gasteiger partial charge in [0, 0.05) is 17.3 Å². The molecule has 0 aliphatic carbocycles. The summed E-state index contributed by atoms with van der Waals surface area (Å²) in [5, 5.41) is 4.56. The summed E-state index contributed by atoms with van der Waals surface area (Å²) in [6, 6.07) is 4.37. The Morgan fingerprint density at radius 3 is 2.50 bits per heavy atom. The van der Waals surface area contributed by atoms with Crippen LogP contribution in [0, 0.1) is 0 Å². The van der Waals surface area contributed by atoms with Gasteiger partial charge in [0.05, 0.1) is 6.42 Å². The Balaban J connectivity index is 2.58. The van der Waals surface area contributed by atoms with Gasteiger partial charge in [0.1, 0.15) is 0 Å². The highest BCUT2D eigenvalue weighted by Crippen LogP contribution is 2.21. The number of alkyl halides is 3. The van der Waals surface area contributed by atoms with Gasteiger partial charge in [-0.15, -0.1) is 0 Å². The first-order valence-corrected chi connectivity index (χ1v) is 5.92. The average Bonchev–Trinajstić information content (AvgIpc) is 2.25. The maximum Gasteiger partial charge on any atom is 0.391 e. The number of hydrogen-bond acceptors (Lipinski definition) is 2. The maximum atomic E-state index is 12.1. The third kappa shape index (κ3) is 5.73. The molecule has 20 heavy (non-hydrogen) atoms. The molecule has 0 spiro atoms. The predicted octanol–water partition coefficient (Wildman–Crippen LogP) is 3.35. The highest BCUT2D eigenvalue weighted by molar-refractivity contribution is 5.96. The van der Waals surface area contributed by atoms with Crippen LogP contribution in [0.1, 0.15) is 30.6 Å². The van der Waals surface area contributed by atoms with Crippen molar-refractivity contribution in [1.29, 1.82) is 0 Å². The summed E-state index contributed by atoms with van der Waals surface area (Å²) < 4.78 is 36.3. The Bertz CT molecular complexity index is 501. The minimum absolute atomic E-state index is 0.167. The lowest BCUT2D eigenvalue weighted by atomic mass is 10.1. The lowest BCUT2D eigenvalue weighted by Crippen LogP contribution is -2.38. The van der Waals surface area contributed by atoms with Gasteiger partial charge in [0.2, 0.25) is 0 Å². The molecule has 0 saturated carbocycles. The van der Waals surface area contributed by atoms with Gasteiger partial charge >= 0.3 is 12.2 Å². The van der Waals surface area contributed by atoms with E-state index in [0.717, 1.165) is 0 Å². The molecular formula is C13H15F3N2O2. The largest absolute Gasteiger partial charge is 0.391 e. The van der Waals surface area contributed by atoms with Crippen LogP contribution >= 0.6 is 0 Å². The van der Waals surface area contributed by atoms with E-state index in [9.17, 15) is 22.8 Å². The van der Waals surface area contributed by atoms with Gasteiger partial charge < -0.3 is 10.6 Å². The number of anilines is 1. The molecule has 1 aromatic rings. The van der Waals surface area contributed by atoms with Gasteiger partial charge in [-0.1, -0.05) is 12.1 Å². The molecule has 0 heterocycles. The topological polar surface area (TPSA) is 58.2 Å². The Labute approximate surface area is 114 Å². The molecule has 2 amide bonds. The van der Waals surface area contributed by atoms with Crippen LogP contribution in [0.3, 0.4) is 0 Å². The molecule has 0 fully saturated rings. The van der Waals surface area contributed by atoms with Crippen molar-refractivity contribution in [3.8, 4) is 0 Å². The first kappa shape index (κ1) is 16.0. The van der Waals surface area contributed by atoms with Crippen LogP contribution < -0.4 is 10.6 Å². The van der Waals surface area contributed by atoms with E-state index < -0.39 is 24.7 Å². The van der Waals surface area contributed by atoms with Crippen molar-refractivity contribution in [2.45, 2.75) is 32.5 Å². The number of carbonyl (C=O) groups is 2. The van der Waals surface area contributed by atoms with Crippen molar-refractivity contribution in [3.05, 3.63) is 29.8 Å². The molecule has 1 unspecified atom stereocenters. The molecule has 0 aliphatic heterocycles. The second-order valence-electron chi connectivity index (χ2n) is 4.46. The van der Waals surface area contributed by atoms with Crippen molar-refractivity contribution < 1.29 is 22.8 Å². The predicted molar refractivity (Wildman–Crippen MR) is 68.7 cm³/mol. The van der Waals surface area contributed by atoms with Gasteiger partial charge in [0.25, 0.3) is 0 Å². The van der Waals surface area contributed by atoms with Crippen molar-refractivity contribution in [2.75, 3.05) is 5.32 Å². The normalized spacial score (nSPS) is 12.7. The number of hydrogen-bond donors (Lipinski definition) is 2. The number of rotatable bonds is 4. The molecular weight excluding hydrogens is 273 g/mol. The van der Waals surface area contributed by atoms with Gasteiger partial charge in [-0.25, -0.2) is 4.79 Å². The first-order chi connectivity index (χ1) is 9.17. The minimum Gasteiger partial charge on any atom is -0.335 e. The Kier molecular flexibility index (Phi) is 5.12. The fourth-order valence-corrected chi connectivity index (χ4v) is 1.61. The molecule has 110 valence electrons.